The van der Waals surface area contributed by atoms with Gasteiger partial charge in [0, 0.05) is 30.6 Å². The van der Waals surface area contributed by atoms with Gasteiger partial charge < -0.3 is 10.1 Å². The van der Waals surface area contributed by atoms with Crippen molar-refractivity contribution in [1.82, 2.24) is 10.2 Å². The van der Waals surface area contributed by atoms with Crippen LogP contribution < -0.4 is 5.32 Å². The fourth-order valence-electron chi connectivity index (χ4n) is 3.74. The van der Waals surface area contributed by atoms with E-state index in [-0.39, 0.29) is 17.2 Å². The maximum Gasteiger partial charge on any atom is 0.226 e. The van der Waals surface area contributed by atoms with Crippen molar-refractivity contribution in [1.29, 1.82) is 0 Å². The molecule has 1 spiro atoms. The van der Waals surface area contributed by atoms with Crippen LogP contribution in [-0.2, 0) is 16.1 Å². The SMILES string of the molecule is COC[C@@H]1C(=O)NCC12CCN(Cc1ccc(Cl)cc1)CC2. The predicted molar refractivity (Wildman–Crippen MR) is 86.8 cm³/mol. The first kappa shape index (κ1) is 15.8. The van der Waals surface area contributed by atoms with Crippen LogP contribution in [0.15, 0.2) is 24.3 Å². The van der Waals surface area contributed by atoms with Gasteiger partial charge in [0.15, 0.2) is 0 Å². The summed E-state index contributed by atoms with van der Waals surface area (Å²) in [5.41, 5.74) is 1.37. The first-order valence-electron chi connectivity index (χ1n) is 7.86. The number of likely N-dealkylation sites (tertiary alicyclic amines) is 1. The molecule has 3 rings (SSSR count). The van der Waals surface area contributed by atoms with Crippen molar-refractivity contribution in [3.8, 4) is 0 Å². The van der Waals surface area contributed by atoms with Gasteiger partial charge in [-0.2, -0.15) is 0 Å². The summed E-state index contributed by atoms with van der Waals surface area (Å²) in [6.07, 6.45) is 2.10. The molecule has 0 aromatic heterocycles. The lowest BCUT2D eigenvalue weighted by molar-refractivity contribution is -0.126. The summed E-state index contributed by atoms with van der Waals surface area (Å²) in [4.78, 5) is 14.5. The number of rotatable bonds is 4. The third-order valence-electron chi connectivity index (χ3n) is 5.17. The molecular formula is C17H23ClN2O2. The number of amides is 1. The molecule has 1 atom stereocenters. The molecule has 120 valence electrons. The van der Waals surface area contributed by atoms with E-state index in [0.29, 0.717) is 6.61 Å². The number of hydrogen-bond donors (Lipinski definition) is 1. The number of ether oxygens (including phenoxy) is 1. The van der Waals surface area contributed by atoms with Crippen molar-refractivity contribution in [2.24, 2.45) is 11.3 Å². The highest BCUT2D eigenvalue weighted by Gasteiger charge is 2.49. The first-order chi connectivity index (χ1) is 10.6. The number of piperidine rings is 1. The zero-order chi connectivity index (χ0) is 15.6. The quantitative estimate of drug-likeness (QED) is 0.925. The molecule has 1 aromatic carbocycles. The molecular weight excluding hydrogens is 300 g/mol. The van der Waals surface area contributed by atoms with E-state index < -0.39 is 0 Å². The Morgan fingerprint density at radius 2 is 2.00 bits per heavy atom. The van der Waals surface area contributed by atoms with Crippen LogP contribution in [0.1, 0.15) is 18.4 Å². The Hall–Kier alpha value is -1.10. The Morgan fingerprint density at radius 1 is 1.32 bits per heavy atom. The Morgan fingerprint density at radius 3 is 2.64 bits per heavy atom. The van der Waals surface area contributed by atoms with E-state index in [0.717, 1.165) is 44.0 Å². The number of carbonyl (C=O) groups excluding carboxylic acids is 1. The van der Waals surface area contributed by atoms with Crippen LogP contribution in [0.3, 0.4) is 0 Å². The van der Waals surface area contributed by atoms with Crippen molar-refractivity contribution in [3.63, 3.8) is 0 Å². The Kier molecular flexibility index (Phi) is 4.71. The van der Waals surface area contributed by atoms with Crippen LogP contribution in [0.2, 0.25) is 5.02 Å². The lowest BCUT2D eigenvalue weighted by Gasteiger charge is -2.41. The van der Waals surface area contributed by atoms with Gasteiger partial charge in [-0.1, -0.05) is 23.7 Å². The summed E-state index contributed by atoms with van der Waals surface area (Å²) in [6, 6.07) is 8.05. The monoisotopic (exact) mass is 322 g/mol. The Balaban J connectivity index is 1.60. The fraction of sp³-hybridized carbons (Fsp3) is 0.588. The molecule has 0 aliphatic carbocycles. The van der Waals surface area contributed by atoms with Gasteiger partial charge in [-0.15, -0.1) is 0 Å². The third-order valence-corrected chi connectivity index (χ3v) is 5.43. The highest BCUT2D eigenvalue weighted by molar-refractivity contribution is 6.30. The van der Waals surface area contributed by atoms with E-state index in [1.54, 1.807) is 7.11 Å². The van der Waals surface area contributed by atoms with Gasteiger partial charge in [0.25, 0.3) is 0 Å². The zero-order valence-corrected chi connectivity index (χ0v) is 13.7. The van der Waals surface area contributed by atoms with Crippen LogP contribution >= 0.6 is 11.6 Å². The second kappa shape index (κ2) is 6.57. The molecule has 1 N–H and O–H groups in total. The van der Waals surface area contributed by atoms with Gasteiger partial charge in [-0.25, -0.2) is 0 Å². The molecule has 4 nitrogen and oxygen atoms in total. The molecule has 0 saturated carbocycles. The van der Waals surface area contributed by atoms with E-state index in [2.05, 4.69) is 22.3 Å². The summed E-state index contributed by atoms with van der Waals surface area (Å²) in [5, 5.41) is 3.81. The number of carbonyl (C=O) groups is 1. The topological polar surface area (TPSA) is 41.6 Å². The van der Waals surface area contributed by atoms with Crippen LogP contribution in [0.4, 0.5) is 0 Å². The lowest BCUT2D eigenvalue weighted by Crippen LogP contribution is -2.45. The zero-order valence-electron chi connectivity index (χ0n) is 13.0. The molecule has 2 aliphatic heterocycles. The molecule has 2 aliphatic rings. The maximum atomic E-state index is 12.0. The molecule has 1 amide bonds. The highest BCUT2D eigenvalue weighted by atomic mass is 35.5. The van der Waals surface area contributed by atoms with Gasteiger partial charge >= 0.3 is 0 Å². The van der Waals surface area contributed by atoms with Gasteiger partial charge in [0.1, 0.15) is 0 Å². The minimum Gasteiger partial charge on any atom is -0.384 e. The molecule has 22 heavy (non-hydrogen) atoms. The molecule has 0 unspecified atom stereocenters. The van der Waals surface area contributed by atoms with E-state index in [1.807, 2.05) is 12.1 Å². The second-order valence-electron chi connectivity index (χ2n) is 6.49. The highest BCUT2D eigenvalue weighted by Crippen LogP contribution is 2.42. The first-order valence-corrected chi connectivity index (χ1v) is 8.24. The van der Waals surface area contributed by atoms with Crippen LogP contribution in [-0.4, -0.2) is 44.2 Å². The number of methoxy groups -OCH3 is 1. The Bertz CT molecular complexity index is 524. The molecule has 1 aromatic rings. The van der Waals surface area contributed by atoms with E-state index in [1.165, 1.54) is 5.56 Å². The normalized spacial score (nSPS) is 24.6. The number of halogens is 1. The third kappa shape index (κ3) is 3.14. The number of benzene rings is 1. The lowest BCUT2D eigenvalue weighted by atomic mass is 9.71. The van der Waals surface area contributed by atoms with Gasteiger partial charge in [0.05, 0.1) is 12.5 Å². The van der Waals surface area contributed by atoms with Crippen molar-refractivity contribution < 1.29 is 9.53 Å². The van der Waals surface area contributed by atoms with Crippen LogP contribution in [0.25, 0.3) is 0 Å². The van der Waals surface area contributed by atoms with Gasteiger partial charge in [0.2, 0.25) is 5.91 Å². The van der Waals surface area contributed by atoms with E-state index in [4.69, 9.17) is 16.3 Å². The summed E-state index contributed by atoms with van der Waals surface area (Å²) in [6.45, 7) is 4.33. The van der Waals surface area contributed by atoms with Crippen molar-refractivity contribution >= 4 is 17.5 Å². The minimum absolute atomic E-state index is 0.00943. The summed E-state index contributed by atoms with van der Waals surface area (Å²) in [5.74, 6) is 0.170. The summed E-state index contributed by atoms with van der Waals surface area (Å²) >= 11 is 5.93. The Labute approximate surface area is 136 Å². The summed E-state index contributed by atoms with van der Waals surface area (Å²) in [7, 11) is 1.68. The maximum absolute atomic E-state index is 12.0. The summed E-state index contributed by atoms with van der Waals surface area (Å²) < 4.78 is 5.27. The largest absolute Gasteiger partial charge is 0.384 e. The molecule has 0 radical (unpaired) electrons. The van der Waals surface area contributed by atoms with Crippen molar-refractivity contribution in [2.45, 2.75) is 19.4 Å². The molecule has 2 heterocycles. The number of nitrogens with zero attached hydrogens (tertiary/aromatic N) is 1. The molecule has 0 bridgehead atoms. The number of nitrogens with one attached hydrogen (secondary N) is 1. The number of hydrogen-bond acceptors (Lipinski definition) is 3. The van der Waals surface area contributed by atoms with Gasteiger partial charge in [-0.3, -0.25) is 9.69 Å². The van der Waals surface area contributed by atoms with Crippen molar-refractivity contribution in [3.05, 3.63) is 34.9 Å². The average Bonchev–Trinajstić information content (AvgIpc) is 2.82. The molecule has 2 fully saturated rings. The predicted octanol–water partition coefficient (Wildman–Crippen LogP) is 2.31. The van der Waals surface area contributed by atoms with E-state index >= 15 is 0 Å². The average molecular weight is 323 g/mol. The standard InChI is InChI=1S/C17H23ClN2O2/c1-22-11-15-16(21)19-12-17(15)6-8-20(9-7-17)10-13-2-4-14(18)5-3-13/h2-5,15H,6-12H2,1H3,(H,19,21)/t15-/m1/s1. The smallest absolute Gasteiger partial charge is 0.226 e. The van der Waals surface area contributed by atoms with Crippen molar-refractivity contribution in [2.75, 3.05) is 33.4 Å². The van der Waals surface area contributed by atoms with Crippen LogP contribution in [0, 0.1) is 11.3 Å². The second-order valence-corrected chi connectivity index (χ2v) is 6.93. The molecule has 5 heteroatoms. The van der Waals surface area contributed by atoms with Gasteiger partial charge in [-0.05, 0) is 43.6 Å². The van der Waals surface area contributed by atoms with Crippen LogP contribution in [0.5, 0.6) is 0 Å². The molecule has 2 saturated heterocycles. The fourth-order valence-corrected chi connectivity index (χ4v) is 3.86. The minimum atomic E-state index is 0.00943. The van der Waals surface area contributed by atoms with E-state index in [9.17, 15) is 4.79 Å².